The normalized spacial score (nSPS) is 15.3. The van der Waals surface area contributed by atoms with Crippen molar-refractivity contribution < 1.29 is 35.9 Å². The molecule has 2 unspecified atom stereocenters. The highest BCUT2D eigenvalue weighted by Crippen LogP contribution is 2.34. The molecule has 0 aliphatic heterocycles. The Hall–Kier alpha value is -1.21. The van der Waals surface area contributed by atoms with Gasteiger partial charge in [0.15, 0.2) is 0 Å². The van der Waals surface area contributed by atoms with Crippen molar-refractivity contribution in [2.45, 2.75) is 51.9 Å². The van der Waals surface area contributed by atoms with Gasteiger partial charge in [0.05, 0.1) is 6.61 Å². The van der Waals surface area contributed by atoms with Crippen LogP contribution < -0.4 is 0 Å². The van der Waals surface area contributed by atoms with Crippen molar-refractivity contribution in [3.05, 3.63) is 12.2 Å². The largest absolute Gasteiger partial charge is 0.462 e. The summed E-state index contributed by atoms with van der Waals surface area (Å²) in [6.07, 6.45) is -11.6. The summed E-state index contributed by atoms with van der Waals surface area (Å²) in [6, 6.07) is 0. The molecule has 0 rings (SSSR count). The summed E-state index contributed by atoms with van der Waals surface area (Å²) in [6.45, 7) is 5.54. The van der Waals surface area contributed by atoms with Crippen LogP contribution >= 0.6 is 0 Å². The number of halogens is 6. The predicted octanol–water partition coefficient (Wildman–Crippen LogP) is 5.04. The Morgan fingerprint density at radius 1 is 1.05 bits per heavy atom. The van der Waals surface area contributed by atoms with Gasteiger partial charge in [-0.3, -0.25) is 0 Å². The molecule has 8 heteroatoms. The van der Waals surface area contributed by atoms with E-state index in [1.54, 1.807) is 0 Å². The van der Waals surface area contributed by atoms with Crippen LogP contribution in [-0.4, -0.2) is 24.9 Å². The summed E-state index contributed by atoms with van der Waals surface area (Å²) < 4.78 is 79.3. The fourth-order valence-electron chi connectivity index (χ4n) is 2.05. The van der Waals surface area contributed by atoms with E-state index in [-0.39, 0.29) is 18.4 Å². The SMILES string of the molecule is C=C(C)C(=O)OCC(CC(CC)CC(F)(F)F)CC(F)(F)F. The van der Waals surface area contributed by atoms with Gasteiger partial charge in [-0.15, -0.1) is 0 Å². The first kappa shape index (κ1) is 20.8. The minimum Gasteiger partial charge on any atom is -0.462 e. The lowest BCUT2D eigenvalue weighted by atomic mass is 9.88. The van der Waals surface area contributed by atoms with Crippen LogP contribution in [-0.2, 0) is 9.53 Å². The first-order valence-electron chi connectivity index (χ1n) is 6.80. The molecule has 0 bridgehead atoms. The molecule has 2 nitrogen and oxygen atoms in total. The molecule has 0 N–H and O–H groups in total. The monoisotopic (exact) mass is 334 g/mol. The van der Waals surface area contributed by atoms with Crippen molar-refractivity contribution in [2.75, 3.05) is 6.61 Å². The van der Waals surface area contributed by atoms with Gasteiger partial charge in [-0.25, -0.2) is 4.79 Å². The zero-order valence-corrected chi connectivity index (χ0v) is 12.5. The summed E-state index contributed by atoms with van der Waals surface area (Å²) in [5, 5.41) is 0. The van der Waals surface area contributed by atoms with Crippen LogP contribution in [0.4, 0.5) is 26.3 Å². The van der Waals surface area contributed by atoms with Gasteiger partial charge >= 0.3 is 18.3 Å². The van der Waals surface area contributed by atoms with E-state index >= 15 is 0 Å². The quantitative estimate of drug-likeness (QED) is 0.353. The lowest BCUT2D eigenvalue weighted by Crippen LogP contribution is -2.25. The average molecular weight is 334 g/mol. The number of carbonyl (C=O) groups is 1. The average Bonchev–Trinajstić information content (AvgIpc) is 2.30. The molecule has 0 amide bonds. The number of hydrogen-bond donors (Lipinski definition) is 0. The number of alkyl halides is 6. The molecule has 22 heavy (non-hydrogen) atoms. The second-order valence-corrected chi connectivity index (χ2v) is 5.39. The maximum absolute atomic E-state index is 12.5. The number of rotatable bonds is 8. The second kappa shape index (κ2) is 8.43. The van der Waals surface area contributed by atoms with Gasteiger partial charge in [-0.1, -0.05) is 19.9 Å². The summed E-state index contributed by atoms with van der Waals surface area (Å²) in [5.41, 5.74) is 0.0214. The molecule has 0 heterocycles. The Labute approximate surface area is 125 Å². The fourth-order valence-corrected chi connectivity index (χ4v) is 2.05. The zero-order chi connectivity index (χ0) is 17.6. The molecule has 0 radical (unpaired) electrons. The number of carbonyl (C=O) groups excluding carboxylic acids is 1. The Bertz CT molecular complexity index is 373. The van der Waals surface area contributed by atoms with Gasteiger partial charge < -0.3 is 4.74 Å². The van der Waals surface area contributed by atoms with E-state index in [4.69, 9.17) is 0 Å². The first-order valence-corrected chi connectivity index (χ1v) is 6.80. The highest BCUT2D eigenvalue weighted by Gasteiger charge is 2.36. The van der Waals surface area contributed by atoms with Crippen LogP contribution in [0.25, 0.3) is 0 Å². The lowest BCUT2D eigenvalue weighted by molar-refractivity contribution is -0.162. The Morgan fingerprint density at radius 3 is 1.86 bits per heavy atom. The molecule has 0 aliphatic carbocycles. The zero-order valence-electron chi connectivity index (χ0n) is 12.5. The van der Waals surface area contributed by atoms with Crippen molar-refractivity contribution in [3.8, 4) is 0 Å². The minimum absolute atomic E-state index is 0.0214. The van der Waals surface area contributed by atoms with Crippen molar-refractivity contribution in [2.24, 2.45) is 11.8 Å². The van der Waals surface area contributed by atoms with Crippen molar-refractivity contribution in [3.63, 3.8) is 0 Å². The maximum Gasteiger partial charge on any atom is 0.389 e. The van der Waals surface area contributed by atoms with Crippen molar-refractivity contribution >= 4 is 5.97 Å². The van der Waals surface area contributed by atoms with Gasteiger partial charge in [0, 0.05) is 24.3 Å². The molecule has 0 aliphatic rings. The molecule has 0 aromatic rings. The fraction of sp³-hybridized carbons (Fsp3) is 0.786. The van der Waals surface area contributed by atoms with E-state index in [0.717, 1.165) is 0 Å². The summed E-state index contributed by atoms with van der Waals surface area (Å²) in [5.74, 6) is -2.98. The van der Waals surface area contributed by atoms with Crippen LogP contribution in [0.1, 0.15) is 39.5 Å². The van der Waals surface area contributed by atoms with Crippen LogP contribution in [0.2, 0.25) is 0 Å². The number of hydrogen-bond acceptors (Lipinski definition) is 2. The third-order valence-electron chi connectivity index (χ3n) is 3.08. The predicted molar refractivity (Wildman–Crippen MR) is 69.0 cm³/mol. The van der Waals surface area contributed by atoms with Crippen molar-refractivity contribution in [1.29, 1.82) is 0 Å². The van der Waals surface area contributed by atoms with E-state index in [2.05, 4.69) is 11.3 Å². The lowest BCUT2D eigenvalue weighted by Gasteiger charge is -2.24. The third-order valence-corrected chi connectivity index (χ3v) is 3.08. The summed E-state index contributed by atoms with van der Waals surface area (Å²) in [7, 11) is 0. The van der Waals surface area contributed by atoms with E-state index in [9.17, 15) is 31.1 Å². The van der Waals surface area contributed by atoms with Gasteiger partial charge in [0.25, 0.3) is 0 Å². The Morgan fingerprint density at radius 2 is 1.50 bits per heavy atom. The smallest absolute Gasteiger partial charge is 0.389 e. The van der Waals surface area contributed by atoms with E-state index in [0.29, 0.717) is 0 Å². The molecule has 0 spiro atoms. The van der Waals surface area contributed by atoms with Gasteiger partial charge in [-0.2, -0.15) is 26.3 Å². The summed E-state index contributed by atoms with van der Waals surface area (Å²) in [4.78, 5) is 11.2. The van der Waals surface area contributed by atoms with Crippen molar-refractivity contribution in [1.82, 2.24) is 0 Å². The number of ether oxygens (including phenoxy) is 1. The molecule has 2 atom stereocenters. The molecule has 0 saturated carbocycles. The third kappa shape index (κ3) is 10.5. The van der Waals surface area contributed by atoms with Gasteiger partial charge in [0.2, 0.25) is 0 Å². The topological polar surface area (TPSA) is 26.3 Å². The maximum atomic E-state index is 12.5. The van der Waals surface area contributed by atoms with Gasteiger partial charge in [-0.05, 0) is 19.3 Å². The second-order valence-electron chi connectivity index (χ2n) is 5.39. The van der Waals surface area contributed by atoms with Crippen LogP contribution in [0.3, 0.4) is 0 Å². The molecule has 130 valence electrons. The molecule has 0 saturated heterocycles. The first-order chi connectivity index (χ1) is 9.84. The molecular weight excluding hydrogens is 314 g/mol. The Kier molecular flexibility index (Phi) is 7.97. The van der Waals surface area contributed by atoms with Gasteiger partial charge in [0.1, 0.15) is 0 Å². The van der Waals surface area contributed by atoms with Crippen LogP contribution in [0, 0.1) is 11.8 Å². The molecule has 0 aromatic heterocycles. The molecule has 0 fully saturated rings. The highest BCUT2D eigenvalue weighted by atomic mass is 19.4. The van der Waals surface area contributed by atoms with Crippen LogP contribution in [0.5, 0.6) is 0 Å². The molecular formula is C14H20F6O2. The summed E-state index contributed by atoms with van der Waals surface area (Å²) >= 11 is 0. The van der Waals surface area contributed by atoms with E-state index in [1.807, 2.05) is 0 Å². The van der Waals surface area contributed by atoms with E-state index in [1.165, 1.54) is 13.8 Å². The minimum atomic E-state index is -4.53. The molecule has 0 aromatic carbocycles. The number of esters is 1. The standard InChI is InChI=1S/C14H20F6O2/c1-4-10(6-13(15,16)17)5-11(7-14(18,19)20)8-22-12(21)9(2)3/h10-11H,2,4-8H2,1,3H3. The van der Waals surface area contributed by atoms with E-state index < -0.39 is 49.6 Å². The highest BCUT2D eigenvalue weighted by molar-refractivity contribution is 5.86. The Balaban J connectivity index is 4.76. The van der Waals surface area contributed by atoms with Crippen LogP contribution in [0.15, 0.2) is 12.2 Å².